The fraction of sp³-hybridized carbons (Fsp3) is 0.500. The predicted molar refractivity (Wildman–Crippen MR) is 87.4 cm³/mol. The molecule has 1 fully saturated rings. The zero-order valence-electron chi connectivity index (χ0n) is 13.7. The van der Waals surface area contributed by atoms with Crippen LogP contribution in [-0.2, 0) is 17.6 Å². The molecule has 2 aromatic rings. The molecule has 4 rings (SSSR count). The third-order valence-corrected chi connectivity index (χ3v) is 4.87. The van der Waals surface area contributed by atoms with Crippen molar-refractivity contribution in [3.63, 3.8) is 0 Å². The van der Waals surface area contributed by atoms with E-state index in [1.165, 1.54) is 5.56 Å². The van der Waals surface area contributed by atoms with Crippen molar-refractivity contribution in [2.45, 2.75) is 57.6 Å². The van der Waals surface area contributed by atoms with Gasteiger partial charge in [-0.25, -0.2) is 4.79 Å². The molecule has 1 saturated carbocycles. The van der Waals surface area contributed by atoms with Gasteiger partial charge in [0.15, 0.2) is 0 Å². The minimum absolute atomic E-state index is 0.0260. The molecule has 1 aromatic carbocycles. The van der Waals surface area contributed by atoms with E-state index in [1.807, 2.05) is 19.1 Å². The molecule has 1 aromatic heterocycles. The maximum Gasteiger partial charge on any atom is 0.407 e. The van der Waals surface area contributed by atoms with Gasteiger partial charge in [0.25, 0.3) is 0 Å². The van der Waals surface area contributed by atoms with Gasteiger partial charge in [0.1, 0.15) is 6.10 Å². The van der Waals surface area contributed by atoms with E-state index in [0.717, 1.165) is 49.7 Å². The Morgan fingerprint density at radius 2 is 2.25 bits per heavy atom. The minimum Gasteiger partial charge on any atom is -0.446 e. The van der Waals surface area contributed by atoms with Crippen molar-refractivity contribution in [2.75, 3.05) is 0 Å². The van der Waals surface area contributed by atoms with Gasteiger partial charge in [-0.2, -0.15) is 4.98 Å². The number of alkyl carbamates (subject to hydrolysis) is 1. The maximum absolute atomic E-state index is 12.0. The van der Waals surface area contributed by atoms with E-state index < -0.39 is 0 Å². The largest absolute Gasteiger partial charge is 0.446 e. The third kappa shape index (κ3) is 2.88. The quantitative estimate of drug-likeness (QED) is 0.929. The molecule has 2 aliphatic rings. The summed E-state index contributed by atoms with van der Waals surface area (Å²) in [6, 6.07) is 6.16. The first-order valence-electron chi connectivity index (χ1n) is 8.66. The third-order valence-electron chi connectivity index (χ3n) is 4.87. The number of hydrogen-bond donors (Lipinski definition) is 1. The average molecular weight is 327 g/mol. The lowest BCUT2D eigenvalue weighted by Gasteiger charge is -2.26. The molecular formula is C18H21N3O3. The zero-order valence-corrected chi connectivity index (χ0v) is 13.7. The van der Waals surface area contributed by atoms with Crippen molar-refractivity contribution < 1.29 is 14.1 Å². The maximum atomic E-state index is 12.0. The van der Waals surface area contributed by atoms with Crippen LogP contribution in [-0.4, -0.2) is 22.3 Å². The number of aryl methyl sites for hydroxylation is 2. The second kappa shape index (κ2) is 6.26. The minimum atomic E-state index is -0.299. The van der Waals surface area contributed by atoms with Crippen molar-refractivity contribution in [2.24, 2.45) is 0 Å². The number of rotatable bonds is 4. The zero-order chi connectivity index (χ0) is 16.5. The highest BCUT2D eigenvalue weighted by Gasteiger charge is 2.27. The van der Waals surface area contributed by atoms with Gasteiger partial charge in [0.2, 0.25) is 11.7 Å². The number of nitrogens with one attached hydrogen (secondary N) is 1. The molecule has 0 aliphatic heterocycles. The van der Waals surface area contributed by atoms with E-state index >= 15 is 0 Å². The van der Waals surface area contributed by atoms with E-state index in [-0.39, 0.29) is 18.2 Å². The summed E-state index contributed by atoms with van der Waals surface area (Å²) in [7, 11) is 0. The van der Waals surface area contributed by atoms with Gasteiger partial charge in [0, 0.05) is 12.0 Å². The number of benzene rings is 1. The standard InChI is InChI=1S/C18H21N3O3/c1-2-16-20-17(21-24-16)12-6-8-14-11(10-12)7-9-15(14)19-18(22)23-13-4-3-5-13/h6,8,10,13,15H,2-5,7,9H2,1H3,(H,19,22)/t15-/m1/s1. The number of fused-ring (bicyclic) bond motifs is 1. The molecule has 0 radical (unpaired) electrons. The van der Waals surface area contributed by atoms with Gasteiger partial charge in [-0.15, -0.1) is 0 Å². The highest BCUT2D eigenvalue weighted by molar-refractivity contribution is 5.69. The molecule has 0 saturated heterocycles. The monoisotopic (exact) mass is 327 g/mol. The lowest BCUT2D eigenvalue weighted by molar-refractivity contribution is 0.0504. The lowest BCUT2D eigenvalue weighted by atomic mass is 9.96. The highest BCUT2D eigenvalue weighted by atomic mass is 16.6. The Morgan fingerprint density at radius 1 is 1.38 bits per heavy atom. The van der Waals surface area contributed by atoms with Crippen LogP contribution in [0.25, 0.3) is 11.4 Å². The fourth-order valence-electron chi connectivity index (χ4n) is 3.24. The molecule has 0 bridgehead atoms. The summed E-state index contributed by atoms with van der Waals surface area (Å²) in [5.41, 5.74) is 3.34. The average Bonchev–Trinajstić information content (AvgIpc) is 3.18. The van der Waals surface area contributed by atoms with Crippen LogP contribution in [0.1, 0.15) is 55.7 Å². The van der Waals surface area contributed by atoms with Gasteiger partial charge in [-0.3, -0.25) is 0 Å². The van der Waals surface area contributed by atoms with Gasteiger partial charge < -0.3 is 14.6 Å². The van der Waals surface area contributed by atoms with Crippen molar-refractivity contribution in [3.05, 3.63) is 35.2 Å². The number of hydrogen-bond acceptors (Lipinski definition) is 5. The van der Waals surface area contributed by atoms with Crippen LogP contribution in [0.15, 0.2) is 22.7 Å². The number of aromatic nitrogens is 2. The first kappa shape index (κ1) is 15.2. The van der Waals surface area contributed by atoms with Crippen LogP contribution < -0.4 is 5.32 Å². The Hall–Kier alpha value is -2.37. The molecule has 126 valence electrons. The molecule has 1 N–H and O–H groups in total. The van der Waals surface area contributed by atoms with Crippen LogP contribution in [0.5, 0.6) is 0 Å². The van der Waals surface area contributed by atoms with Crippen molar-refractivity contribution >= 4 is 6.09 Å². The Labute approximate surface area is 140 Å². The van der Waals surface area contributed by atoms with Crippen LogP contribution in [0, 0.1) is 0 Å². The first-order chi connectivity index (χ1) is 11.7. The summed E-state index contributed by atoms with van der Waals surface area (Å²) in [5.74, 6) is 1.26. The summed E-state index contributed by atoms with van der Waals surface area (Å²) in [4.78, 5) is 16.3. The van der Waals surface area contributed by atoms with Crippen molar-refractivity contribution in [1.82, 2.24) is 15.5 Å². The summed E-state index contributed by atoms with van der Waals surface area (Å²) in [6.45, 7) is 1.99. The molecule has 24 heavy (non-hydrogen) atoms. The van der Waals surface area contributed by atoms with E-state index in [1.54, 1.807) is 0 Å². The van der Waals surface area contributed by atoms with Crippen LogP contribution in [0.4, 0.5) is 4.79 Å². The summed E-state index contributed by atoms with van der Waals surface area (Å²) >= 11 is 0. The summed E-state index contributed by atoms with van der Waals surface area (Å²) < 4.78 is 10.6. The van der Waals surface area contributed by atoms with Crippen molar-refractivity contribution in [1.29, 1.82) is 0 Å². The predicted octanol–water partition coefficient (Wildman–Crippen LogP) is 3.57. The smallest absolute Gasteiger partial charge is 0.407 e. The fourth-order valence-corrected chi connectivity index (χ4v) is 3.24. The molecule has 6 nitrogen and oxygen atoms in total. The number of carbonyl (C=O) groups excluding carboxylic acids is 1. The number of amides is 1. The van der Waals surface area contributed by atoms with Gasteiger partial charge in [-0.1, -0.05) is 24.2 Å². The summed E-state index contributed by atoms with van der Waals surface area (Å²) in [5, 5.41) is 7.02. The Balaban J connectivity index is 1.46. The second-order valence-electron chi connectivity index (χ2n) is 6.47. The molecule has 0 spiro atoms. The van der Waals surface area contributed by atoms with Gasteiger partial charge in [-0.05, 0) is 49.3 Å². The van der Waals surface area contributed by atoms with E-state index in [2.05, 4.69) is 21.5 Å². The lowest BCUT2D eigenvalue weighted by Crippen LogP contribution is -2.34. The molecule has 1 atom stereocenters. The number of nitrogens with zero attached hydrogens (tertiary/aromatic N) is 2. The Bertz CT molecular complexity index is 752. The van der Waals surface area contributed by atoms with E-state index in [4.69, 9.17) is 9.26 Å². The van der Waals surface area contributed by atoms with E-state index in [9.17, 15) is 4.79 Å². The number of carbonyl (C=O) groups is 1. The highest BCUT2D eigenvalue weighted by Crippen LogP contribution is 2.34. The van der Waals surface area contributed by atoms with Crippen LogP contribution in [0.2, 0.25) is 0 Å². The Morgan fingerprint density at radius 3 is 2.96 bits per heavy atom. The normalized spacial score (nSPS) is 19.6. The molecule has 1 amide bonds. The van der Waals surface area contributed by atoms with Crippen molar-refractivity contribution in [3.8, 4) is 11.4 Å². The first-order valence-corrected chi connectivity index (χ1v) is 8.66. The molecular weight excluding hydrogens is 306 g/mol. The van der Waals surface area contributed by atoms with Crippen LogP contribution >= 0.6 is 0 Å². The van der Waals surface area contributed by atoms with Crippen LogP contribution in [0.3, 0.4) is 0 Å². The van der Waals surface area contributed by atoms with E-state index in [0.29, 0.717) is 11.7 Å². The van der Waals surface area contributed by atoms with Gasteiger partial charge in [0.05, 0.1) is 6.04 Å². The Kier molecular flexibility index (Phi) is 3.96. The van der Waals surface area contributed by atoms with Gasteiger partial charge >= 0.3 is 6.09 Å². The second-order valence-corrected chi connectivity index (χ2v) is 6.47. The summed E-state index contributed by atoms with van der Waals surface area (Å²) in [6.07, 6.45) is 5.49. The topological polar surface area (TPSA) is 77.2 Å². The molecule has 1 heterocycles. The number of ether oxygens (including phenoxy) is 1. The molecule has 0 unspecified atom stereocenters. The SMILES string of the molecule is CCc1nc(-c2ccc3c(c2)CC[C@H]3NC(=O)OC2CCC2)no1. The molecule has 2 aliphatic carbocycles. The molecule has 6 heteroatoms.